The first-order valence-electron chi connectivity index (χ1n) is 5.65. The van der Waals surface area contributed by atoms with Crippen LogP contribution in [0.3, 0.4) is 0 Å². The molecule has 0 amide bonds. The Labute approximate surface area is 120 Å². The van der Waals surface area contributed by atoms with Gasteiger partial charge in [-0.15, -0.1) is 0 Å². The second kappa shape index (κ2) is 6.06. The van der Waals surface area contributed by atoms with E-state index in [1.54, 1.807) is 18.2 Å². The van der Waals surface area contributed by atoms with Gasteiger partial charge in [-0.1, -0.05) is 17.7 Å². The van der Waals surface area contributed by atoms with Crippen LogP contribution >= 0.6 is 11.6 Å². The number of benzene rings is 2. The molecule has 0 bridgehead atoms. The van der Waals surface area contributed by atoms with Crippen LogP contribution in [0.5, 0.6) is 5.75 Å². The van der Waals surface area contributed by atoms with Crippen LogP contribution in [0.4, 0.5) is 4.39 Å². The van der Waals surface area contributed by atoms with Crippen LogP contribution in [0.1, 0.15) is 16.7 Å². The van der Waals surface area contributed by atoms with Crippen molar-refractivity contribution < 1.29 is 9.13 Å². The molecule has 0 radical (unpaired) electrons. The van der Waals surface area contributed by atoms with Gasteiger partial charge < -0.3 is 4.74 Å². The third-order valence-corrected chi connectivity index (χ3v) is 2.88. The van der Waals surface area contributed by atoms with Crippen LogP contribution in [0, 0.1) is 28.5 Å². The summed E-state index contributed by atoms with van der Waals surface area (Å²) in [5.74, 6) is -0.183. The van der Waals surface area contributed by atoms with E-state index in [-0.39, 0.29) is 17.7 Å². The van der Waals surface area contributed by atoms with E-state index in [1.807, 2.05) is 12.1 Å². The zero-order valence-electron chi connectivity index (χ0n) is 10.2. The highest BCUT2D eigenvalue weighted by Crippen LogP contribution is 2.26. The van der Waals surface area contributed by atoms with Gasteiger partial charge >= 0.3 is 0 Å². The van der Waals surface area contributed by atoms with E-state index in [4.69, 9.17) is 26.9 Å². The first kappa shape index (κ1) is 13.9. The van der Waals surface area contributed by atoms with E-state index in [2.05, 4.69) is 0 Å². The number of hydrogen-bond acceptors (Lipinski definition) is 3. The van der Waals surface area contributed by atoms with E-state index in [9.17, 15) is 4.39 Å². The van der Waals surface area contributed by atoms with E-state index < -0.39 is 5.82 Å². The summed E-state index contributed by atoms with van der Waals surface area (Å²) in [5.41, 5.74) is 0.951. The number of nitrogens with zero attached hydrogens (tertiary/aromatic N) is 2. The Balaban J connectivity index is 2.22. The van der Waals surface area contributed by atoms with Crippen LogP contribution in [-0.2, 0) is 6.61 Å². The maximum absolute atomic E-state index is 13.3. The predicted molar refractivity (Wildman–Crippen MR) is 71.6 cm³/mol. The molecule has 2 aromatic carbocycles. The quantitative estimate of drug-likeness (QED) is 0.862. The Morgan fingerprint density at radius 1 is 1.15 bits per heavy atom. The molecule has 0 saturated carbocycles. The minimum absolute atomic E-state index is 0.0431. The van der Waals surface area contributed by atoms with Gasteiger partial charge in [0, 0.05) is 0 Å². The first-order chi connectivity index (χ1) is 9.63. The highest BCUT2D eigenvalue weighted by Gasteiger charge is 2.08. The molecule has 2 aromatic rings. The highest BCUT2D eigenvalue weighted by atomic mass is 35.5. The molecule has 5 heteroatoms. The molecule has 0 aliphatic carbocycles. The van der Waals surface area contributed by atoms with Gasteiger partial charge in [0.2, 0.25) is 0 Å². The minimum atomic E-state index is -0.505. The van der Waals surface area contributed by atoms with Crippen molar-refractivity contribution in [3.05, 3.63) is 63.9 Å². The average molecular weight is 287 g/mol. The number of nitriles is 2. The smallest absolute Gasteiger partial charge is 0.139 e. The summed E-state index contributed by atoms with van der Waals surface area (Å²) >= 11 is 5.88. The maximum atomic E-state index is 13.3. The average Bonchev–Trinajstić information content (AvgIpc) is 2.44. The lowest BCUT2D eigenvalue weighted by Crippen LogP contribution is -1.99. The molecule has 0 heterocycles. The van der Waals surface area contributed by atoms with Crippen LogP contribution in [0.15, 0.2) is 36.4 Å². The molecule has 0 N–H and O–H groups in total. The van der Waals surface area contributed by atoms with Crippen LogP contribution in [0.2, 0.25) is 5.02 Å². The van der Waals surface area contributed by atoms with E-state index in [0.29, 0.717) is 16.3 Å². The normalized spacial score (nSPS) is 9.60. The van der Waals surface area contributed by atoms with Crippen LogP contribution in [0.25, 0.3) is 0 Å². The maximum Gasteiger partial charge on any atom is 0.139 e. The first-order valence-corrected chi connectivity index (χ1v) is 6.03. The summed E-state index contributed by atoms with van der Waals surface area (Å²) < 4.78 is 18.7. The van der Waals surface area contributed by atoms with Gasteiger partial charge in [0.05, 0.1) is 16.7 Å². The lowest BCUT2D eigenvalue weighted by atomic mass is 10.1. The molecule has 0 aromatic heterocycles. The molecule has 0 fully saturated rings. The van der Waals surface area contributed by atoms with Gasteiger partial charge in [-0.25, -0.2) is 4.39 Å². The Morgan fingerprint density at radius 2 is 1.95 bits per heavy atom. The Bertz CT molecular complexity index is 732. The fourth-order valence-corrected chi connectivity index (χ4v) is 1.90. The number of hydrogen-bond donors (Lipinski definition) is 0. The third-order valence-electron chi connectivity index (χ3n) is 2.57. The Hall–Kier alpha value is -2.56. The predicted octanol–water partition coefficient (Wildman–Crippen LogP) is 3.80. The van der Waals surface area contributed by atoms with Gasteiger partial charge in [0.1, 0.15) is 29.8 Å². The highest BCUT2D eigenvalue weighted by molar-refractivity contribution is 6.31. The van der Waals surface area contributed by atoms with Crippen molar-refractivity contribution in [2.24, 2.45) is 0 Å². The molecular weight excluding hydrogens is 279 g/mol. The second-order valence-corrected chi connectivity index (χ2v) is 4.38. The van der Waals surface area contributed by atoms with Crippen molar-refractivity contribution in [1.82, 2.24) is 0 Å². The van der Waals surface area contributed by atoms with Gasteiger partial charge in [0.15, 0.2) is 0 Å². The van der Waals surface area contributed by atoms with Crippen LogP contribution < -0.4 is 4.74 Å². The molecule has 0 spiro atoms. The molecule has 2 rings (SSSR count). The van der Waals surface area contributed by atoms with Gasteiger partial charge in [-0.3, -0.25) is 0 Å². The van der Waals surface area contributed by atoms with E-state index >= 15 is 0 Å². The molecule has 0 saturated heterocycles. The van der Waals surface area contributed by atoms with Crippen molar-refractivity contribution in [1.29, 1.82) is 10.5 Å². The van der Waals surface area contributed by atoms with Crippen molar-refractivity contribution in [2.75, 3.05) is 0 Å². The molecule has 98 valence electrons. The van der Waals surface area contributed by atoms with Crippen molar-refractivity contribution >= 4 is 11.6 Å². The molecule has 0 unspecified atom stereocenters. The molecule has 0 aliphatic rings. The topological polar surface area (TPSA) is 56.8 Å². The molecule has 0 atom stereocenters. The molecular formula is C15H8ClFN2O. The largest absolute Gasteiger partial charge is 0.487 e. The van der Waals surface area contributed by atoms with Crippen molar-refractivity contribution in [3.63, 3.8) is 0 Å². The number of rotatable bonds is 3. The number of ether oxygens (including phenoxy) is 1. The summed E-state index contributed by atoms with van der Waals surface area (Å²) in [5, 5.41) is 18.1. The monoisotopic (exact) mass is 286 g/mol. The molecule has 20 heavy (non-hydrogen) atoms. The van der Waals surface area contributed by atoms with Crippen molar-refractivity contribution in [2.45, 2.75) is 6.61 Å². The summed E-state index contributed by atoms with van der Waals surface area (Å²) in [4.78, 5) is 0. The third kappa shape index (κ3) is 3.06. The summed E-state index contributed by atoms with van der Waals surface area (Å²) in [6.07, 6.45) is 0. The zero-order valence-corrected chi connectivity index (χ0v) is 11.0. The minimum Gasteiger partial charge on any atom is -0.487 e. The van der Waals surface area contributed by atoms with E-state index in [0.717, 1.165) is 6.07 Å². The lowest BCUT2D eigenvalue weighted by Gasteiger charge is -2.09. The van der Waals surface area contributed by atoms with Crippen molar-refractivity contribution in [3.8, 4) is 17.9 Å². The standard InChI is InChI=1S/C15H8ClFN2O/c16-14-2-1-3-15(13(14)8-19)20-9-11-4-10(7-18)5-12(17)6-11/h1-6H,9H2. The second-order valence-electron chi connectivity index (χ2n) is 3.97. The van der Waals surface area contributed by atoms with E-state index in [1.165, 1.54) is 12.1 Å². The molecule has 3 nitrogen and oxygen atoms in total. The number of halogens is 2. The zero-order chi connectivity index (χ0) is 14.5. The van der Waals surface area contributed by atoms with Crippen LogP contribution in [-0.4, -0.2) is 0 Å². The fraction of sp³-hybridized carbons (Fsp3) is 0.0667. The SMILES string of the molecule is N#Cc1cc(F)cc(COc2cccc(Cl)c2C#N)c1. The molecule has 0 aliphatic heterocycles. The van der Waals surface area contributed by atoms with Gasteiger partial charge in [-0.2, -0.15) is 10.5 Å². The lowest BCUT2D eigenvalue weighted by molar-refractivity contribution is 0.304. The summed E-state index contributed by atoms with van der Waals surface area (Å²) in [7, 11) is 0. The fourth-order valence-electron chi connectivity index (χ4n) is 1.69. The Kier molecular flexibility index (Phi) is 4.20. The Morgan fingerprint density at radius 3 is 2.65 bits per heavy atom. The summed E-state index contributed by atoms with van der Waals surface area (Å²) in [6, 6.07) is 12.6. The van der Waals surface area contributed by atoms with Gasteiger partial charge in [-0.05, 0) is 35.9 Å². The van der Waals surface area contributed by atoms with Gasteiger partial charge in [0.25, 0.3) is 0 Å². The summed E-state index contributed by atoms with van der Waals surface area (Å²) in [6.45, 7) is 0.0431.